The molecule has 2 heterocycles. The molecule has 2 aromatic carbocycles. The highest BCUT2D eigenvalue weighted by atomic mass is 35.5. The fraction of sp³-hybridized carbons (Fsp3) is 0.280. The number of rotatable bonds is 3. The van der Waals surface area contributed by atoms with Gasteiger partial charge in [0.1, 0.15) is 5.82 Å². The van der Waals surface area contributed by atoms with Crippen molar-refractivity contribution in [3.8, 4) is 11.1 Å². The normalized spacial score (nSPS) is 11.8. The van der Waals surface area contributed by atoms with Gasteiger partial charge in [0.25, 0.3) is 0 Å². The van der Waals surface area contributed by atoms with Crippen LogP contribution < -0.4 is 5.32 Å². The van der Waals surface area contributed by atoms with E-state index in [1.807, 2.05) is 35.7 Å². The Morgan fingerprint density at radius 1 is 0.933 bits per heavy atom. The third-order valence-electron chi connectivity index (χ3n) is 5.17. The Bertz CT molecular complexity index is 1230. The largest absolute Gasteiger partial charge is 0.340 e. The van der Waals surface area contributed by atoms with Crippen molar-refractivity contribution >= 4 is 28.8 Å². The molecule has 0 aliphatic rings. The van der Waals surface area contributed by atoms with Gasteiger partial charge in [-0.15, -0.1) is 0 Å². The van der Waals surface area contributed by atoms with E-state index in [0.29, 0.717) is 5.02 Å². The van der Waals surface area contributed by atoms with Crippen LogP contribution in [0.1, 0.15) is 43.3 Å². The first-order valence-electron chi connectivity index (χ1n) is 10.1. The first-order valence-corrected chi connectivity index (χ1v) is 10.5. The zero-order valence-corrected chi connectivity index (χ0v) is 19.1. The summed E-state index contributed by atoms with van der Waals surface area (Å²) in [6.45, 7) is 12.7. The minimum absolute atomic E-state index is 0.114. The van der Waals surface area contributed by atoms with Crippen LogP contribution in [-0.4, -0.2) is 14.6 Å². The molecule has 4 aromatic rings. The average Bonchev–Trinajstić information content (AvgIpc) is 2.97. The number of aryl methyl sites for hydroxylation is 3. The summed E-state index contributed by atoms with van der Waals surface area (Å²) in [5, 5.41) is 9.10. The number of hydrogen-bond donors (Lipinski definition) is 1. The average molecular weight is 419 g/mol. The topological polar surface area (TPSA) is 42.2 Å². The summed E-state index contributed by atoms with van der Waals surface area (Å²) in [7, 11) is 0. The van der Waals surface area contributed by atoms with E-state index < -0.39 is 0 Å². The molecule has 0 radical (unpaired) electrons. The zero-order valence-electron chi connectivity index (χ0n) is 18.3. The van der Waals surface area contributed by atoms with Crippen LogP contribution in [0.25, 0.3) is 16.8 Å². The second-order valence-corrected chi connectivity index (χ2v) is 9.36. The van der Waals surface area contributed by atoms with Gasteiger partial charge in [-0.3, -0.25) is 0 Å². The smallest absolute Gasteiger partial charge is 0.165 e. The Kier molecular flexibility index (Phi) is 5.07. The maximum atomic E-state index is 6.54. The number of halogens is 1. The maximum Gasteiger partial charge on any atom is 0.165 e. The van der Waals surface area contributed by atoms with Crippen molar-refractivity contribution in [2.45, 2.75) is 47.0 Å². The van der Waals surface area contributed by atoms with E-state index in [1.54, 1.807) is 0 Å². The number of anilines is 2. The van der Waals surface area contributed by atoms with Crippen molar-refractivity contribution in [2.24, 2.45) is 0 Å². The van der Waals surface area contributed by atoms with Gasteiger partial charge in [0.05, 0.1) is 17.0 Å². The molecule has 0 fully saturated rings. The molecule has 2 aromatic heterocycles. The molecule has 154 valence electrons. The van der Waals surface area contributed by atoms with Gasteiger partial charge < -0.3 is 5.32 Å². The van der Waals surface area contributed by atoms with Gasteiger partial charge in [-0.1, -0.05) is 56.6 Å². The van der Waals surface area contributed by atoms with Gasteiger partial charge in [0.2, 0.25) is 0 Å². The SMILES string of the molecule is Cc1cc(C)cc(Nc2cc(C(C)(C)C)nc3c(-c4ccccc4Cl)c(C)nn23)c1. The number of nitrogens with one attached hydrogen (secondary N) is 1. The first kappa shape index (κ1) is 20.4. The molecule has 0 amide bonds. The lowest BCUT2D eigenvalue weighted by Gasteiger charge is -2.20. The van der Waals surface area contributed by atoms with E-state index in [4.69, 9.17) is 21.7 Å². The zero-order chi connectivity index (χ0) is 21.6. The molecule has 4 rings (SSSR count). The molecule has 1 N–H and O–H groups in total. The maximum absolute atomic E-state index is 6.54. The Morgan fingerprint density at radius 3 is 2.23 bits per heavy atom. The fourth-order valence-corrected chi connectivity index (χ4v) is 4.00. The molecular formula is C25H27ClN4. The lowest BCUT2D eigenvalue weighted by atomic mass is 9.91. The van der Waals surface area contributed by atoms with Crippen LogP contribution in [0, 0.1) is 20.8 Å². The van der Waals surface area contributed by atoms with E-state index in [9.17, 15) is 0 Å². The Morgan fingerprint density at radius 2 is 1.60 bits per heavy atom. The first-order chi connectivity index (χ1) is 14.1. The second kappa shape index (κ2) is 7.44. The molecule has 0 bridgehead atoms. The van der Waals surface area contributed by atoms with Gasteiger partial charge in [0, 0.05) is 27.8 Å². The standard InChI is InChI=1S/C25H27ClN4/c1-15-11-16(2)13-18(12-15)27-22-14-21(25(4,5)6)28-24-23(17(3)29-30(22)24)19-9-7-8-10-20(19)26/h7-14,27H,1-6H3. The lowest BCUT2D eigenvalue weighted by molar-refractivity contribution is 0.569. The number of fused-ring (bicyclic) bond motifs is 1. The van der Waals surface area contributed by atoms with Crippen LogP contribution >= 0.6 is 11.6 Å². The molecule has 4 nitrogen and oxygen atoms in total. The highest BCUT2D eigenvalue weighted by Gasteiger charge is 2.23. The second-order valence-electron chi connectivity index (χ2n) is 8.95. The predicted molar refractivity (Wildman–Crippen MR) is 126 cm³/mol. The number of aromatic nitrogens is 3. The van der Waals surface area contributed by atoms with Crippen molar-refractivity contribution in [3.05, 3.63) is 76.1 Å². The van der Waals surface area contributed by atoms with Gasteiger partial charge in [0.15, 0.2) is 5.65 Å². The van der Waals surface area contributed by atoms with Crippen LogP contribution in [0.5, 0.6) is 0 Å². The van der Waals surface area contributed by atoms with Crippen LogP contribution in [0.3, 0.4) is 0 Å². The molecule has 0 saturated carbocycles. The molecule has 0 spiro atoms. The highest BCUT2D eigenvalue weighted by molar-refractivity contribution is 6.33. The minimum Gasteiger partial charge on any atom is -0.340 e. The molecule has 0 aliphatic heterocycles. The van der Waals surface area contributed by atoms with E-state index in [-0.39, 0.29) is 5.41 Å². The Balaban J connectivity index is 1.98. The van der Waals surface area contributed by atoms with E-state index in [1.165, 1.54) is 11.1 Å². The van der Waals surface area contributed by atoms with E-state index in [2.05, 4.69) is 64.2 Å². The van der Waals surface area contributed by atoms with E-state index >= 15 is 0 Å². The molecule has 0 aliphatic carbocycles. The quantitative estimate of drug-likeness (QED) is 0.388. The molecule has 0 saturated heterocycles. The van der Waals surface area contributed by atoms with Gasteiger partial charge in [-0.25, -0.2) is 4.98 Å². The molecule has 30 heavy (non-hydrogen) atoms. The van der Waals surface area contributed by atoms with Crippen molar-refractivity contribution in [2.75, 3.05) is 5.32 Å². The molecule has 5 heteroatoms. The third-order valence-corrected chi connectivity index (χ3v) is 5.50. The molecular weight excluding hydrogens is 392 g/mol. The summed E-state index contributed by atoms with van der Waals surface area (Å²) in [6, 6.07) is 16.4. The fourth-order valence-electron chi connectivity index (χ4n) is 3.77. The summed E-state index contributed by atoms with van der Waals surface area (Å²) in [6.07, 6.45) is 0. The van der Waals surface area contributed by atoms with Crippen molar-refractivity contribution < 1.29 is 0 Å². The Labute approximate surface area is 182 Å². The minimum atomic E-state index is -0.114. The van der Waals surface area contributed by atoms with Gasteiger partial charge >= 0.3 is 0 Å². The monoisotopic (exact) mass is 418 g/mol. The number of nitrogens with zero attached hydrogens (tertiary/aromatic N) is 3. The number of benzene rings is 2. The van der Waals surface area contributed by atoms with Crippen molar-refractivity contribution in [1.29, 1.82) is 0 Å². The lowest BCUT2D eigenvalue weighted by Crippen LogP contribution is -2.16. The summed E-state index contributed by atoms with van der Waals surface area (Å²) in [5.74, 6) is 0.885. The van der Waals surface area contributed by atoms with Gasteiger partial charge in [-0.05, 0) is 50.1 Å². The predicted octanol–water partition coefficient (Wildman–Crippen LogP) is 7.02. The third kappa shape index (κ3) is 3.80. The van der Waals surface area contributed by atoms with Crippen molar-refractivity contribution in [1.82, 2.24) is 14.6 Å². The van der Waals surface area contributed by atoms with Crippen molar-refractivity contribution in [3.63, 3.8) is 0 Å². The van der Waals surface area contributed by atoms with E-state index in [0.717, 1.165) is 39.7 Å². The Hall–Kier alpha value is -2.85. The van der Waals surface area contributed by atoms with Crippen LogP contribution in [0.2, 0.25) is 5.02 Å². The van der Waals surface area contributed by atoms with Crippen LogP contribution in [-0.2, 0) is 5.41 Å². The summed E-state index contributed by atoms with van der Waals surface area (Å²) >= 11 is 6.54. The van der Waals surface area contributed by atoms with Crippen LogP contribution in [0.15, 0.2) is 48.5 Å². The van der Waals surface area contributed by atoms with Crippen LogP contribution in [0.4, 0.5) is 11.5 Å². The summed E-state index contributed by atoms with van der Waals surface area (Å²) < 4.78 is 1.89. The summed E-state index contributed by atoms with van der Waals surface area (Å²) in [4.78, 5) is 5.02. The molecule has 0 unspecified atom stereocenters. The summed E-state index contributed by atoms with van der Waals surface area (Å²) in [5.41, 5.74) is 7.96. The number of hydrogen-bond acceptors (Lipinski definition) is 3. The highest BCUT2D eigenvalue weighted by Crippen LogP contribution is 2.36. The van der Waals surface area contributed by atoms with Gasteiger partial charge in [-0.2, -0.15) is 9.61 Å². The molecule has 0 atom stereocenters.